The Balaban J connectivity index is 2.16. The lowest BCUT2D eigenvalue weighted by Gasteiger charge is -2.23. The van der Waals surface area contributed by atoms with Crippen molar-refractivity contribution < 1.29 is 18.3 Å². The van der Waals surface area contributed by atoms with Crippen LogP contribution in [0.1, 0.15) is 31.2 Å². The summed E-state index contributed by atoms with van der Waals surface area (Å²) in [5.41, 5.74) is 0.0842. The Hall–Kier alpha value is -0.960. The predicted molar refractivity (Wildman–Crippen MR) is 68.0 cm³/mol. The minimum atomic E-state index is -3.70. The molecule has 108 valence electrons. The second-order valence-electron chi connectivity index (χ2n) is 5.01. The minimum Gasteiger partial charge on any atom is -0.390 e. The molecule has 1 fully saturated rings. The fourth-order valence-corrected chi connectivity index (χ4v) is 3.74. The molecule has 8 heteroatoms. The Labute approximate surface area is 112 Å². The van der Waals surface area contributed by atoms with Gasteiger partial charge in [-0.25, -0.2) is 13.1 Å². The van der Waals surface area contributed by atoms with Crippen LogP contribution in [0.4, 0.5) is 0 Å². The zero-order valence-corrected chi connectivity index (χ0v) is 11.9. The van der Waals surface area contributed by atoms with Crippen LogP contribution >= 0.6 is 0 Å². The van der Waals surface area contributed by atoms with Gasteiger partial charge in [-0.3, -0.25) is 5.10 Å². The highest BCUT2D eigenvalue weighted by atomic mass is 32.2. The molecule has 0 radical (unpaired) electrons. The number of aromatic nitrogens is 2. The summed E-state index contributed by atoms with van der Waals surface area (Å²) in [6.45, 7) is 3.94. The first-order valence-electron chi connectivity index (χ1n) is 6.16. The first-order valence-corrected chi connectivity index (χ1v) is 7.65. The van der Waals surface area contributed by atoms with Crippen LogP contribution in [0, 0.1) is 6.92 Å². The van der Waals surface area contributed by atoms with Gasteiger partial charge in [-0.1, -0.05) is 0 Å². The molecule has 1 aliphatic rings. The second kappa shape index (κ2) is 5.20. The highest BCUT2D eigenvalue weighted by Crippen LogP contribution is 2.25. The van der Waals surface area contributed by atoms with Gasteiger partial charge in [0.25, 0.3) is 0 Å². The zero-order valence-electron chi connectivity index (χ0n) is 11.1. The van der Waals surface area contributed by atoms with E-state index < -0.39 is 22.2 Å². The van der Waals surface area contributed by atoms with Gasteiger partial charge in [0.15, 0.2) is 0 Å². The average molecular weight is 289 g/mol. The number of H-pyrrole nitrogens is 1. The molecule has 0 aliphatic carbocycles. The van der Waals surface area contributed by atoms with Crippen molar-refractivity contribution in [3.63, 3.8) is 0 Å². The Kier molecular flexibility index (Phi) is 3.95. The van der Waals surface area contributed by atoms with Gasteiger partial charge < -0.3 is 9.84 Å². The summed E-state index contributed by atoms with van der Waals surface area (Å²) in [7, 11) is -3.70. The number of nitrogens with zero attached hydrogens (tertiary/aromatic N) is 1. The number of nitrogens with one attached hydrogen (secondary N) is 2. The summed E-state index contributed by atoms with van der Waals surface area (Å²) in [6, 6.07) is 0. The largest absolute Gasteiger partial charge is 0.390 e. The summed E-state index contributed by atoms with van der Waals surface area (Å²) in [4.78, 5) is 0.0246. The van der Waals surface area contributed by atoms with Crippen molar-refractivity contribution >= 4 is 10.0 Å². The number of rotatable bonds is 5. The Morgan fingerprint density at radius 1 is 1.58 bits per heavy atom. The SMILES string of the molecule is Cc1[nH]nc(CO)c1S(=O)(=O)NCC1(C)CCCO1. The van der Waals surface area contributed by atoms with Gasteiger partial charge in [0.2, 0.25) is 10.0 Å². The van der Waals surface area contributed by atoms with E-state index >= 15 is 0 Å². The first kappa shape index (κ1) is 14.4. The van der Waals surface area contributed by atoms with Crippen molar-refractivity contribution in [2.45, 2.75) is 43.8 Å². The number of ether oxygens (including phenoxy) is 1. The van der Waals surface area contributed by atoms with Gasteiger partial charge in [-0.15, -0.1) is 0 Å². The molecular formula is C11H19N3O4S. The standard InChI is InChI=1S/C11H19N3O4S/c1-8-10(9(6-15)14-13-8)19(16,17)12-7-11(2)4-3-5-18-11/h12,15H,3-7H2,1-2H3,(H,13,14). The lowest BCUT2D eigenvalue weighted by Crippen LogP contribution is -2.40. The van der Waals surface area contributed by atoms with Crippen molar-refractivity contribution in [1.82, 2.24) is 14.9 Å². The van der Waals surface area contributed by atoms with Crippen LogP contribution < -0.4 is 4.72 Å². The molecule has 1 saturated heterocycles. The molecule has 1 unspecified atom stereocenters. The maximum Gasteiger partial charge on any atom is 0.244 e. The molecule has 3 N–H and O–H groups in total. The molecule has 0 saturated carbocycles. The lowest BCUT2D eigenvalue weighted by atomic mass is 10.0. The third kappa shape index (κ3) is 2.97. The van der Waals surface area contributed by atoms with Crippen molar-refractivity contribution in [2.24, 2.45) is 0 Å². The molecule has 0 bridgehead atoms. The summed E-state index contributed by atoms with van der Waals surface area (Å²) in [5, 5.41) is 15.5. The number of aromatic amines is 1. The van der Waals surface area contributed by atoms with Crippen LogP contribution in [0.2, 0.25) is 0 Å². The van der Waals surface area contributed by atoms with Gasteiger partial charge in [-0.05, 0) is 26.7 Å². The van der Waals surface area contributed by atoms with Crippen LogP contribution in [0.3, 0.4) is 0 Å². The third-order valence-electron chi connectivity index (χ3n) is 3.32. The third-order valence-corrected chi connectivity index (χ3v) is 4.92. The lowest BCUT2D eigenvalue weighted by molar-refractivity contribution is 0.0250. The highest BCUT2D eigenvalue weighted by molar-refractivity contribution is 7.89. The van der Waals surface area contributed by atoms with E-state index in [-0.39, 0.29) is 17.1 Å². The van der Waals surface area contributed by atoms with Gasteiger partial charge in [-0.2, -0.15) is 5.10 Å². The van der Waals surface area contributed by atoms with E-state index in [1.807, 2.05) is 6.92 Å². The first-order chi connectivity index (χ1) is 8.88. The van der Waals surface area contributed by atoms with Crippen molar-refractivity contribution in [3.05, 3.63) is 11.4 Å². The van der Waals surface area contributed by atoms with Crippen LogP contribution in [0.15, 0.2) is 4.90 Å². The van der Waals surface area contributed by atoms with Crippen molar-refractivity contribution in [2.75, 3.05) is 13.2 Å². The molecule has 1 aliphatic heterocycles. The number of aryl methyl sites for hydroxylation is 1. The molecule has 1 atom stereocenters. The highest BCUT2D eigenvalue weighted by Gasteiger charge is 2.32. The monoisotopic (exact) mass is 289 g/mol. The van der Waals surface area contributed by atoms with Crippen LogP contribution in [-0.4, -0.2) is 42.5 Å². The predicted octanol–water partition coefficient (Wildman–Crippen LogP) is 0.0578. The quantitative estimate of drug-likeness (QED) is 0.711. The summed E-state index contributed by atoms with van der Waals surface area (Å²) < 4.78 is 32.6. The molecule has 1 aromatic heterocycles. The molecule has 0 amide bonds. The van der Waals surface area contributed by atoms with E-state index in [4.69, 9.17) is 9.84 Å². The smallest absolute Gasteiger partial charge is 0.244 e. The Morgan fingerprint density at radius 3 is 2.89 bits per heavy atom. The molecule has 0 aromatic carbocycles. The Bertz CT molecular complexity index is 546. The topological polar surface area (TPSA) is 104 Å². The van der Waals surface area contributed by atoms with E-state index in [2.05, 4.69) is 14.9 Å². The van der Waals surface area contributed by atoms with Gasteiger partial charge in [0, 0.05) is 13.2 Å². The maximum atomic E-state index is 12.3. The summed E-state index contributed by atoms with van der Waals surface area (Å²) in [6.07, 6.45) is 1.76. The fraction of sp³-hybridized carbons (Fsp3) is 0.727. The Morgan fingerprint density at radius 2 is 2.32 bits per heavy atom. The number of hydrogen-bond donors (Lipinski definition) is 3. The molecule has 0 spiro atoms. The number of aliphatic hydroxyl groups excluding tert-OH is 1. The van der Waals surface area contributed by atoms with Crippen molar-refractivity contribution in [1.29, 1.82) is 0 Å². The fourth-order valence-electron chi connectivity index (χ4n) is 2.23. The van der Waals surface area contributed by atoms with E-state index in [0.29, 0.717) is 12.3 Å². The minimum absolute atomic E-state index is 0.0246. The molecular weight excluding hydrogens is 270 g/mol. The van der Waals surface area contributed by atoms with E-state index in [9.17, 15) is 8.42 Å². The van der Waals surface area contributed by atoms with E-state index in [1.54, 1.807) is 6.92 Å². The van der Waals surface area contributed by atoms with Crippen LogP contribution in [-0.2, 0) is 21.4 Å². The molecule has 1 aromatic rings. The summed E-state index contributed by atoms with van der Waals surface area (Å²) >= 11 is 0. The summed E-state index contributed by atoms with van der Waals surface area (Å²) in [5.74, 6) is 0. The average Bonchev–Trinajstić information content (AvgIpc) is 2.94. The van der Waals surface area contributed by atoms with Crippen LogP contribution in [0.5, 0.6) is 0 Å². The molecule has 19 heavy (non-hydrogen) atoms. The second-order valence-corrected chi connectivity index (χ2v) is 6.71. The van der Waals surface area contributed by atoms with Crippen LogP contribution in [0.25, 0.3) is 0 Å². The van der Waals surface area contributed by atoms with Gasteiger partial charge in [0.1, 0.15) is 10.6 Å². The normalized spacial score (nSPS) is 23.9. The van der Waals surface area contributed by atoms with Crippen molar-refractivity contribution in [3.8, 4) is 0 Å². The number of hydrogen-bond acceptors (Lipinski definition) is 5. The van der Waals surface area contributed by atoms with Gasteiger partial charge in [0.05, 0.1) is 17.9 Å². The maximum absolute atomic E-state index is 12.3. The number of aliphatic hydroxyl groups is 1. The van der Waals surface area contributed by atoms with E-state index in [0.717, 1.165) is 12.8 Å². The van der Waals surface area contributed by atoms with Gasteiger partial charge >= 0.3 is 0 Å². The zero-order chi connectivity index (χ0) is 14.1. The molecule has 2 heterocycles. The molecule has 2 rings (SSSR count). The number of sulfonamides is 1. The molecule has 7 nitrogen and oxygen atoms in total. The van der Waals surface area contributed by atoms with E-state index in [1.165, 1.54) is 0 Å².